The van der Waals surface area contributed by atoms with Crippen LogP contribution >= 0.6 is 0 Å². The van der Waals surface area contributed by atoms with Crippen LogP contribution in [0.25, 0.3) is 0 Å². The van der Waals surface area contributed by atoms with E-state index < -0.39 is 0 Å². The van der Waals surface area contributed by atoms with Crippen molar-refractivity contribution in [3.05, 3.63) is 0 Å². The zero-order valence-corrected chi connectivity index (χ0v) is 9.88. The lowest BCUT2D eigenvalue weighted by Crippen LogP contribution is -2.27. The molecule has 0 aromatic heterocycles. The van der Waals surface area contributed by atoms with Gasteiger partial charge in [-0.2, -0.15) is 0 Å². The number of hydrogen-bond acceptors (Lipinski definition) is 1. The van der Waals surface area contributed by atoms with Gasteiger partial charge in [-0.15, -0.1) is 11.6 Å². The fraction of sp³-hybridized carbons (Fsp3) is 1.00. The summed E-state index contributed by atoms with van der Waals surface area (Å²) in [5.74, 6) is 4.87. The Kier molecular flexibility index (Phi) is 6.33. The molecule has 0 fully saturated rings. The molecule has 0 amide bonds. The maximum Gasteiger partial charge on any atom is 0.255 e. The zero-order valence-electron chi connectivity index (χ0n) is 8.72. The van der Waals surface area contributed by atoms with Gasteiger partial charge in [0.2, 0.25) is 0 Å². The molecular weight excluding hydrogens is 149 g/mol. The van der Waals surface area contributed by atoms with Gasteiger partial charge < -0.3 is 4.90 Å². The van der Waals surface area contributed by atoms with Gasteiger partial charge in [0.25, 0.3) is 14.1 Å². The quantitative estimate of drug-likeness (QED) is 0.574. The van der Waals surface area contributed by atoms with Crippen molar-refractivity contribution in [1.82, 2.24) is 4.90 Å². The lowest BCUT2D eigenvalue weighted by Gasteiger charge is -2.22. The molecule has 0 N–H and O–H groups in total. The van der Waals surface area contributed by atoms with Crippen LogP contribution in [-0.4, -0.2) is 39.2 Å². The van der Waals surface area contributed by atoms with Gasteiger partial charge in [-0.1, -0.05) is 12.2 Å². The predicted molar refractivity (Wildman–Crippen MR) is 54.7 cm³/mol. The number of rotatable bonds is 5. The summed E-state index contributed by atoms with van der Waals surface area (Å²) in [4.78, 5) is 2.36. The first-order valence-electron chi connectivity index (χ1n) is 4.74. The molecular formula is C9H22AlN. The molecule has 0 rings (SSSR count). The third-order valence-electron chi connectivity index (χ3n) is 2.28. The van der Waals surface area contributed by atoms with Crippen molar-refractivity contribution in [3.63, 3.8) is 0 Å². The van der Waals surface area contributed by atoms with Crippen LogP contribution in [0, 0.1) is 0 Å². The van der Waals surface area contributed by atoms with E-state index in [2.05, 4.69) is 37.5 Å². The van der Waals surface area contributed by atoms with Gasteiger partial charge in [0, 0.05) is 6.04 Å². The standard InChI is InChI=1S/C7H16N.2CH3.Al/c1-5-7(6-2)8(3)4;;;/h7H,1,5-6H2,2-4H3;2*1H3;. The highest BCUT2D eigenvalue weighted by molar-refractivity contribution is 6.55. The Balaban J connectivity index is 3.52. The Morgan fingerprint density at radius 3 is 2.09 bits per heavy atom. The van der Waals surface area contributed by atoms with E-state index in [1.54, 1.807) is 0 Å². The summed E-state index contributed by atoms with van der Waals surface area (Å²) in [5.41, 5.74) is 0. The van der Waals surface area contributed by atoms with Crippen molar-refractivity contribution < 1.29 is 0 Å². The average molecular weight is 171 g/mol. The zero-order chi connectivity index (χ0) is 8.85. The second-order valence-electron chi connectivity index (χ2n) is 4.00. The summed E-state index contributed by atoms with van der Waals surface area (Å²) >= 11 is -0.308. The first kappa shape index (κ1) is 11.5. The molecule has 1 atom stereocenters. The van der Waals surface area contributed by atoms with Gasteiger partial charge in [-0.05, 0) is 26.9 Å². The van der Waals surface area contributed by atoms with E-state index in [0.29, 0.717) is 0 Å². The van der Waals surface area contributed by atoms with E-state index in [4.69, 9.17) is 0 Å². The molecule has 11 heavy (non-hydrogen) atoms. The van der Waals surface area contributed by atoms with Gasteiger partial charge >= 0.3 is 0 Å². The molecule has 1 nitrogen and oxygen atoms in total. The Morgan fingerprint density at radius 2 is 1.82 bits per heavy atom. The Hall–Kier alpha value is 0.492. The van der Waals surface area contributed by atoms with Crippen LogP contribution in [0.1, 0.15) is 19.8 Å². The van der Waals surface area contributed by atoms with Gasteiger partial charge in [-0.25, -0.2) is 0 Å². The molecule has 1 unspecified atom stereocenters. The molecule has 0 spiro atoms. The summed E-state index contributed by atoms with van der Waals surface area (Å²) in [5, 5.41) is 1.50. The number of hydrogen-bond donors (Lipinski definition) is 0. The summed E-state index contributed by atoms with van der Waals surface area (Å²) in [6.07, 6.45) is 2.71. The van der Waals surface area contributed by atoms with Gasteiger partial charge in [0.1, 0.15) is 0 Å². The number of nitrogens with zero attached hydrogens (tertiary/aromatic N) is 1. The van der Waals surface area contributed by atoms with E-state index in [-0.39, 0.29) is 14.1 Å². The van der Waals surface area contributed by atoms with E-state index in [1.165, 1.54) is 18.1 Å². The molecule has 0 aliphatic carbocycles. The smallest absolute Gasteiger partial charge is 0.255 e. The first-order valence-corrected chi connectivity index (χ1v) is 7.87. The van der Waals surface area contributed by atoms with Crippen molar-refractivity contribution >= 4 is 14.1 Å². The minimum absolute atomic E-state index is 0.308. The molecule has 2 heteroatoms. The van der Waals surface area contributed by atoms with Crippen molar-refractivity contribution in [3.8, 4) is 0 Å². The van der Waals surface area contributed by atoms with Crippen molar-refractivity contribution in [1.29, 1.82) is 0 Å². The SMILES string of the molecule is CCC(C[CH2][Al]([CH3])[CH3])N(C)C. The minimum atomic E-state index is -0.308. The monoisotopic (exact) mass is 171 g/mol. The second-order valence-corrected chi connectivity index (χ2v) is 7.36. The molecule has 0 aliphatic heterocycles. The molecule has 0 heterocycles. The molecule has 0 radical (unpaired) electrons. The van der Waals surface area contributed by atoms with Gasteiger partial charge in [0.05, 0.1) is 0 Å². The summed E-state index contributed by atoms with van der Waals surface area (Å²) in [6.45, 7) is 2.28. The Labute approximate surface area is 76.2 Å². The van der Waals surface area contributed by atoms with Gasteiger partial charge in [0.15, 0.2) is 0 Å². The molecule has 0 bridgehead atoms. The summed E-state index contributed by atoms with van der Waals surface area (Å²) in [6, 6.07) is 0.824. The Bertz CT molecular complexity index is 91.6. The van der Waals surface area contributed by atoms with Crippen LogP contribution in [0.5, 0.6) is 0 Å². The topological polar surface area (TPSA) is 3.24 Å². The van der Waals surface area contributed by atoms with E-state index in [9.17, 15) is 0 Å². The predicted octanol–water partition coefficient (Wildman–Crippen LogP) is 2.47. The fourth-order valence-electron chi connectivity index (χ4n) is 1.35. The lowest BCUT2D eigenvalue weighted by atomic mass is 10.1. The van der Waals surface area contributed by atoms with Crippen LogP contribution in [0.3, 0.4) is 0 Å². The normalized spacial score (nSPS) is 13.6. The molecule has 0 aliphatic rings. The molecule has 0 saturated heterocycles. The summed E-state index contributed by atoms with van der Waals surface area (Å²) < 4.78 is 0. The molecule has 0 aromatic carbocycles. The van der Waals surface area contributed by atoms with E-state index >= 15 is 0 Å². The Morgan fingerprint density at radius 1 is 1.27 bits per heavy atom. The maximum absolute atomic E-state index is 2.43. The van der Waals surface area contributed by atoms with E-state index in [0.717, 1.165) is 6.04 Å². The van der Waals surface area contributed by atoms with Crippen LogP contribution < -0.4 is 0 Å². The van der Waals surface area contributed by atoms with Crippen LogP contribution in [-0.2, 0) is 0 Å². The summed E-state index contributed by atoms with van der Waals surface area (Å²) in [7, 11) is 4.38. The van der Waals surface area contributed by atoms with Crippen LogP contribution in [0.15, 0.2) is 0 Å². The van der Waals surface area contributed by atoms with Crippen LogP contribution in [0.4, 0.5) is 0 Å². The molecule has 0 aromatic rings. The maximum atomic E-state index is 2.43. The minimum Gasteiger partial charge on any atom is -0.307 e. The lowest BCUT2D eigenvalue weighted by molar-refractivity contribution is 0.278. The average Bonchev–Trinajstić information content (AvgIpc) is 1.87. The largest absolute Gasteiger partial charge is 0.307 e. The molecule has 0 saturated carbocycles. The first-order chi connectivity index (χ1) is 5.07. The second kappa shape index (κ2) is 6.06. The highest BCUT2D eigenvalue weighted by Gasteiger charge is 2.10. The third-order valence-corrected chi connectivity index (χ3v) is 3.77. The highest BCUT2D eigenvalue weighted by Crippen LogP contribution is 2.09. The highest BCUT2D eigenvalue weighted by atomic mass is 27.2. The third kappa shape index (κ3) is 5.73. The van der Waals surface area contributed by atoms with Crippen LogP contribution in [0.2, 0.25) is 16.9 Å². The van der Waals surface area contributed by atoms with Crippen molar-refractivity contribution in [2.24, 2.45) is 0 Å². The molecule has 66 valence electrons. The van der Waals surface area contributed by atoms with Crippen molar-refractivity contribution in [2.75, 3.05) is 14.1 Å². The van der Waals surface area contributed by atoms with E-state index in [1.807, 2.05) is 0 Å². The van der Waals surface area contributed by atoms with Crippen molar-refractivity contribution in [2.45, 2.75) is 42.7 Å². The fourth-order valence-corrected chi connectivity index (χ4v) is 2.40. The van der Waals surface area contributed by atoms with Gasteiger partial charge in [-0.3, -0.25) is 0 Å².